The van der Waals surface area contributed by atoms with Crippen molar-refractivity contribution in [1.29, 1.82) is 0 Å². The minimum absolute atomic E-state index is 0.0667. The van der Waals surface area contributed by atoms with Gasteiger partial charge in [-0.15, -0.1) is 0 Å². The number of amides is 1. The Labute approximate surface area is 203 Å². The summed E-state index contributed by atoms with van der Waals surface area (Å²) < 4.78 is 8.80. The monoisotopic (exact) mass is 471 g/mol. The number of pyridine rings is 1. The van der Waals surface area contributed by atoms with Crippen LogP contribution in [0.2, 0.25) is 0 Å². The second-order valence-corrected chi connectivity index (χ2v) is 9.07. The van der Waals surface area contributed by atoms with Crippen molar-refractivity contribution in [3.8, 4) is 0 Å². The fraction of sp³-hybridized carbons (Fsp3) is 0.321. The molecule has 35 heavy (non-hydrogen) atoms. The van der Waals surface area contributed by atoms with Crippen LogP contribution in [0.25, 0.3) is 21.8 Å². The Kier molecular flexibility index (Phi) is 6.16. The van der Waals surface area contributed by atoms with Gasteiger partial charge in [-0.2, -0.15) is 0 Å². The summed E-state index contributed by atoms with van der Waals surface area (Å²) in [6.07, 6.45) is 6.86. The van der Waals surface area contributed by atoms with Gasteiger partial charge in [-0.05, 0) is 38.0 Å². The summed E-state index contributed by atoms with van der Waals surface area (Å²) in [6, 6.07) is 14.6. The topological polar surface area (TPSA) is 82.3 Å². The zero-order valence-electron chi connectivity index (χ0n) is 20.0. The van der Waals surface area contributed by atoms with E-state index in [9.17, 15) is 14.4 Å². The Morgan fingerprint density at radius 1 is 1.00 bits per heavy atom. The number of para-hydroxylation sites is 2. The van der Waals surface area contributed by atoms with Crippen LogP contribution in [0.3, 0.4) is 0 Å². The SMILES string of the molecule is CCOC(=O)c1ccccc1NC(=O)c1cn(C2CCCCC2)c(=O)c2c1c1ccccc1n2C. The standard InChI is InChI=1S/C28H29N3O4/c1-3-35-28(34)19-13-7-9-15-22(19)29-26(32)21-17-31(18-11-5-4-6-12-18)27(33)25-24(21)20-14-8-10-16-23(20)30(25)2/h7-10,13-18H,3-6,11-12H2,1-2H3,(H,29,32). The van der Waals surface area contributed by atoms with Crippen molar-refractivity contribution in [2.45, 2.75) is 45.1 Å². The van der Waals surface area contributed by atoms with E-state index in [-0.39, 0.29) is 29.7 Å². The average molecular weight is 472 g/mol. The molecule has 0 radical (unpaired) electrons. The van der Waals surface area contributed by atoms with Crippen LogP contribution in [-0.2, 0) is 11.8 Å². The molecule has 4 aromatic rings. The molecule has 180 valence electrons. The van der Waals surface area contributed by atoms with Gasteiger partial charge in [-0.3, -0.25) is 9.59 Å². The Morgan fingerprint density at radius 2 is 1.71 bits per heavy atom. The van der Waals surface area contributed by atoms with Gasteiger partial charge in [0.2, 0.25) is 0 Å². The first-order chi connectivity index (χ1) is 17.0. The molecule has 0 atom stereocenters. The second kappa shape index (κ2) is 9.41. The maximum atomic E-state index is 13.8. The van der Waals surface area contributed by atoms with Crippen LogP contribution >= 0.6 is 0 Å². The maximum absolute atomic E-state index is 13.8. The molecule has 0 bridgehead atoms. The third kappa shape index (κ3) is 4.01. The van der Waals surface area contributed by atoms with E-state index in [4.69, 9.17) is 4.74 Å². The number of esters is 1. The molecule has 2 aromatic heterocycles. The summed E-state index contributed by atoms with van der Waals surface area (Å²) in [5.74, 6) is -0.862. The molecule has 0 spiro atoms. The smallest absolute Gasteiger partial charge is 0.340 e. The van der Waals surface area contributed by atoms with E-state index in [1.54, 1.807) is 42.0 Å². The van der Waals surface area contributed by atoms with Crippen LogP contribution in [0.15, 0.2) is 59.5 Å². The number of carbonyl (C=O) groups is 2. The first-order valence-electron chi connectivity index (χ1n) is 12.2. The Morgan fingerprint density at radius 3 is 2.49 bits per heavy atom. The lowest BCUT2D eigenvalue weighted by atomic mass is 9.95. The van der Waals surface area contributed by atoms with Crippen molar-refractivity contribution in [1.82, 2.24) is 9.13 Å². The van der Waals surface area contributed by atoms with Gasteiger partial charge >= 0.3 is 5.97 Å². The summed E-state index contributed by atoms with van der Waals surface area (Å²) in [5, 5.41) is 4.40. The van der Waals surface area contributed by atoms with Gasteiger partial charge < -0.3 is 19.2 Å². The molecule has 0 unspecified atom stereocenters. The lowest BCUT2D eigenvalue weighted by molar-refractivity contribution is 0.0527. The van der Waals surface area contributed by atoms with Gasteiger partial charge in [-0.1, -0.05) is 49.6 Å². The van der Waals surface area contributed by atoms with E-state index < -0.39 is 5.97 Å². The summed E-state index contributed by atoms with van der Waals surface area (Å²) in [4.78, 5) is 39.9. The highest BCUT2D eigenvalue weighted by molar-refractivity contribution is 6.21. The van der Waals surface area contributed by atoms with Crippen molar-refractivity contribution in [2.75, 3.05) is 11.9 Å². The number of nitrogens with zero attached hydrogens (tertiary/aromatic N) is 2. The molecule has 1 N–H and O–H groups in total. The Balaban J connectivity index is 1.69. The van der Waals surface area contributed by atoms with E-state index in [1.807, 2.05) is 35.9 Å². The first-order valence-corrected chi connectivity index (χ1v) is 12.2. The molecular weight excluding hydrogens is 442 g/mol. The van der Waals surface area contributed by atoms with E-state index in [2.05, 4.69) is 5.32 Å². The van der Waals surface area contributed by atoms with Crippen LogP contribution in [0, 0.1) is 0 Å². The molecule has 1 saturated carbocycles. The van der Waals surface area contributed by atoms with Gasteiger partial charge in [0.1, 0.15) is 5.52 Å². The number of benzene rings is 2. The molecule has 1 aliphatic rings. The van der Waals surface area contributed by atoms with Crippen molar-refractivity contribution >= 4 is 39.4 Å². The van der Waals surface area contributed by atoms with E-state index in [1.165, 1.54) is 6.42 Å². The summed E-state index contributed by atoms with van der Waals surface area (Å²) in [5.41, 5.74) is 2.41. The van der Waals surface area contributed by atoms with Crippen LogP contribution in [0.1, 0.15) is 65.8 Å². The number of hydrogen-bond donors (Lipinski definition) is 1. The number of carbonyl (C=O) groups excluding carboxylic acids is 2. The maximum Gasteiger partial charge on any atom is 0.340 e. The molecular formula is C28H29N3O4. The van der Waals surface area contributed by atoms with Gasteiger partial charge in [0.05, 0.1) is 23.4 Å². The van der Waals surface area contributed by atoms with E-state index in [0.29, 0.717) is 22.2 Å². The third-order valence-electron chi connectivity index (χ3n) is 6.96. The van der Waals surface area contributed by atoms with Gasteiger partial charge in [-0.25, -0.2) is 4.79 Å². The van der Waals surface area contributed by atoms with Gasteiger partial charge in [0, 0.05) is 35.6 Å². The minimum atomic E-state index is -0.495. The lowest BCUT2D eigenvalue weighted by Crippen LogP contribution is -2.29. The quantitative estimate of drug-likeness (QED) is 0.394. The molecule has 1 amide bonds. The van der Waals surface area contributed by atoms with E-state index >= 15 is 0 Å². The number of hydrogen-bond acceptors (Lipinski definition) is 4. The van der Waals surface area contributed by atoms with Crippen LogP contribution in [0.5, 0.6) is 0 Å². The number of aromatic nitrogens is 2. The average Bonchev–Trinajstić information content (AvgIpc) is 3.18. The van der Waals surface area contributed by atoms with E-state index in [0.717, 1.165) is 36.6 Å². The number of aryl methyl sites for hydroxylation is 1. The van der Waals surface area contributed by atoms with Crippen molar-refractivity contribution in [3.05, 3.63) is 76.2 Å². The fourth-order valence-electron chi connectivity index (χ4n) is 5.27. The summed E-state index contributed by atoms with van der Waals surface area (Å²) >= 11 is 0. The van der Waals surface area contributed by atoms with Crippen LogP contribution < -0.4 is 10.9 Å². The number of nitrogens with one attached hydrogen (secondary N) is 1. The Hall–Kier alpha value is -3.87. The fourth-order valence-corrected chi connectivity index (χ4v) is 5.27. The molecule has 2 heterocycles. The lowest BCUT2D eigenvalue weighted by Gasteiger charge is -2.25. The van der Waals surface area contributed by atoms with Crippen molar-refractivity contribution in [3.63, 3.8) is 0 Å². The highest BCUT2D eigenvalue weighted by Gasteiger charge is 2.25. The number of fused-ring (bicyclic) bond motifs is 3. The van der Waals surface area contributed by atoms with Crippen molar-refractivity contribution in [2.24, 2.45) is 7.05 Å². The highest BCUT2D eigenvalue weighted by atomic mass is 16.5. The molecule has 7 nitrogen and oxygen atoms in total. The predicted octanol–water partition coefficient (Wildman–Crippen LogP) is 5.43. The molecule has 1 fully saturated rings. The van der Waals surface area contributed by atoms with Crippen molar-refractivity contribution < 1.29 is 14.3 Å². The molecule has 7 heteroatoms. The zero-order valence-corrected chi connectivity index (χ0v) is 20.0. The molecule has 0 saturated heterocycles. The first kappa shape index (κ1) is 22.9. The number of ether oxygens (including phenoxy) is 1. The molecule has 5 rings (SSSR count). The van der Waals surface area contributed by atoms with Gasteiger partial charge in [0.15, 0.2) is 0 Å². The molecule has 0 aliphatic heterocycles. The summed E-state index contributed by atoms with van der Waals surface area (Å²) in [6.45, 7) is 1.98. The predicted molar refractivity (Wildman–Crippen MR) is 137 cm³/mol. The summed E-state index contributed by atoms with van der Waals surface area (Å²) in [7, 11) is 1.87. The molecule has 1 aliphatic carbocycles. The largest absolute Gasteiger partial charge is 0.462 e. The highest BCUT2D eigenvalue weighted by Crippen LogP contribution is 2.33. The van der Waals surface area contributed by atoms with Gasteiger partial charge in [0.25, 0.3) is 11.5 Å². The van der Waals surface area contributed by atoms with Crippen LogP contribution in [-0.4, -0.2) is 27.6 Å². The zero-order chi connectivity index (χ0) is 24.5. The third-order valence-corrected chi connectivity index (χ3v) is 6.96. The minimum Gasteiger partial charge on any atom is -0.462 e. The van der Waals surface area contributed by atoms with Crippen LogP contribution in [0.4, 0.5) is 5.69 Å². The Bertz CT molecular complexity index is 1490. The molecule has 2 aromatic carbocycles. The second-order valence-electron chi connectivity index (χ2n) is 9.07. The normalized spacial score (nSPS) is 14.3. The number of anilines is 1. The number of rotatable bonds is 5.